The van der Waals surface area contributed by atoms with Gasteiger partial charge in [0.2, 0.25) is 0 Å². The van der Waals surface area contributed by atoms with E-state index in [-0.39, 0.29) is 13.2 Å². The van der Waals surface area contributed by atoms with Crippen LogP contribution < -0.4 is 5.73 Å². The van der Waals surface area contributed by atoms with Crippen molar-refractivity contribution in [2.45, 2.75) is 32.2 Å². The van der Waals surface area contributed by atoms with Crippen molar-refractivity contribution in [3.63, 3.8) is 0 Å². The fourth-order valence-electron chi connectivity index (χ4n) is 0.751. The summed E-state index contributed by atoms with van der Waals surface area (Å²) in [6, 6.07) is 0. The molecule has 0 aromatic heterocycles. The van der Waals surface area contributed by atoms with Crippen molar-refractivity contribution >= 4 is 0 Å². The van der Waals surface area contributed by atoms with Crippen LogP contribution in [0.15, 0.2) is 0 Å². The lowest BCUT2D eigenvalue weighted by atomic mass is 10.0. The van der Waals surface area contributed by atoms with E-state index in [2.05, 4.69) is 4.74 Å². The number of alkyl halides is 3. The summed E-state index contributed by atoms with van der Waals surface area (Å²) in [6.07, 6.45) is -3.94. The van der Waals surface area contributed by atoms with E-state index < -0.39 is 18.6 Å². The van der Waals surface area contributed by atoms with Gasteiger partial charge in [0.05, 0.1) is 18.8 Å². The molecule has 86 valence electrons. The Kier molecular flexibility index (Phi) is 5.40. The smallest absolute Gasteiger partial charge is 0.372 e. The van der Waals surface area contributed by atoms with Crippen LogP contribution in [0.5, 0.6) is 0 Å². The summed E-state index contributed by atoms with van der Waals surface area (Å²) >= 11 is 0. The van der Waals surface area contributed by atoms with Gasteiger partial charge in [-0.1, -0.05) is 6.92 Å². The predicted molar refractivity (Wildman–Crippen MR) is 45.7 cm³/mol. The Balaban J connectivity index is 3.63. The maximum Gasteiger partial charge on any atom is 0.522 e. The minimum absolute atomic E-state index is 0.110. The van der Waals surface area contributed by atoms with Crippen molar-refractivity contribution < 1.29 is 22.6 Å². The lowest BCUT2D eigenvalue weighted by Crippen LogP contribution is -2.38. The summed E-state index contributed by atoms with van der Waals surface area (Å²) in [4.78, 5) is 0. The third-order valence-corrected chi connectivity index (χ3v) is 1.98. The van der Waals surface area contributed by atoms with Crippen molar-refractivity contribution in [2.24, 2.45) is 5.73 Å². The first-order valence-electron chi connectivity index (χ1n) is 4.38. The Morgan fingerprint density at radius 1 is 1.14 bits per heavy atom. The number of nitrogens with two attached hydrogens (primary N) is 1. The third-order valence-electron chi connectivity index (χ3n) is 1.98. The van der Waals surface area contributed by atoms with Crippen LogP contribution in [0.4, 0.5) is 13.2 Å². The van der Waals surface area contributed by atoms with E-state index >= 15 is 0 Å². The molecule has 6 heteroatoms. The van der Waals surface area contributed by atoms with Gasteiger partial charge < -0.3 is 10.5 Å². The molecule has 0 fully saturated rings. The quantitative estimate of drug-likeness (QED) is 0.685. The summed E-state index contributed by atoms with van der Waals surface area (Å²) in [7, 11) is 0. The summed E-state index contributed by atoms with van der Waals surface area (Å²) in [5.41, 5.74) is 4.84. The topological polar surface area (TPSA) is 44.5 Å². The van der Waals surface area contributed by atoms with E-state index in [0.717, 1.165) is 0 Å². The zero-order valence-corrected chi connectivity index (χ0v) is 8.36. The average Bonchev–Trinajstić information content (AvgIpc) is 2.11. The van der Waals surface area contributed by atoms with Crippen molar-refractivity contribution in [2.75, 3.05) is 19.8 Å². The Labute approximate surface area is 81.4 Å². The van der Waals surface area contributed by atoms with Gasteiger partial charge in [-0.2, -0.15) is 0 Å². The van der Waals surface area contributed by atoms with Gasteiger partial charge in [-0.3, -0.25) is 4.74 Å². The van der Waals surface area contributed by atoms with Gasteiger partial charge in [0.1, 0.15) is 0 Å². The number of halogens is 3. The number of hydrogen-bond donors (Lipinski definition) is 1. The van der Waals surface area contributed by atoms with Gasteiger partial charge in [-0.25, -0.2) is 0 Å². The van der Waals surface area contributed by atoms with Crippen molar-refractivity contribution in [1.82, 2.24) is 0 Å². The molecule has 0 aliphatic rings. The zero-order valence-electron chi connectivity index (χ0n) is 8.36. The van der Waals surface area contributed by atoms with Crippen molar-refractivity contribution in [3.8, 4) is 0 Å². The lowest BCUT2D eigenvalue weighted by Gasteiger charge is -2.26. The van der Waals surface area contributed by atoms with E-state index in [0.29, 0.717) is 6.42 Å². The second-order valence-electron chi connectivity index (χ2n) is 3.15. The van der Waals surface area contributed by atoms with Gasteiger partial charge in [0.15, 0.2) is 0 Å². The van der Waals surface area contributed by atoms with Crippen LogP contribution in [0, 0.1) is 0 Å². The standard InChI is InChI=1S/C8H16F3NO2/c1-3-7(2,6-12)13-4-5-14-8(9,10)11/h3-6,12H2,1-2H3. The lowest BCUT2D eigenvalue weighted by molar-refractivity contribution is -0.328. The van der Waals surface area contributed by atoms with E-state index in [1.165, 1.54) is 0 Å². The molecule has 0 aliphatic heterocycles. The van der Waals surface area contributed by atoms with Crippen LogP contribution in [0.25, 0.3) is 0 Å². The van der Waals surface area contributed by atoms with Crippen LogP contribution in [-0.2, 0) is 9.47 Å². The SMILES string of the molecule is CCC(C)(CN)OCCOC(F)(F)F. The molecule has 0 saturated heterocycles. The highest BCUT2D eigenvalue weighted by Gasteiger charge is 2.29. The molecule has 0 aromatic rings. The summed E-state index contributed by atoms with van der Waals surface area (Å²) < 4.78 is 43.3. The minimum atomic E-state index is -4.59. The largest absolute Gasteiger partial charge is 0.522 e. The van der Waals surface area contributed by atoms with Gasteiger partial charge >= 0.3 is 6.36 Å². The highest BCUT2D eigenvalue weighted by Crippen LogP contribution is 2.17. The molecule has 0 saturated carbocycles. The average molecular weight is 215 g/mol. The second kappa shape index (κ2) is 5.53. The van der Waals surface area contributed by atoms with Crippen LogP contribution in [-0.4, -0.2) is 31.7 Å². The van der Waals surface area contributed by atoms with Crippen molar-refractivity contribution in [3.05, 3.63) is 0 Å². The van der Waals surface area contributed by atoms with Crippen LogP contribution in [0.3, 0.4) is 0 Å². The molecule has 0 amide bonds. The highest BCUT2D eigenvalue weighted by atomic mass is 19.4. The molecule has 0 rings (SSSR count). The fraction of sp³-hybridized carbons (Fsp3) is 1.00. The van der Waals surface area contributed by atoms with Gasteiger partial charge in [0, 0.05) is 6.54 Å². The third kappa shape index (κ3) is 6.17. The fourth-order valence-corrected chi connectivity index (χ4v) is 0.751. The first-order valence-corrected chi connectivity index (χ1v) is 4.38. The molecule has 1 atom stereocenters. The number of rotatable bonds is 6. The zero-order chi connectivity index (χ0) is 11.2. The van der Waals surface area contributed by atoms with E-state index in [4.69, 9.17) is 10.5 Å². The normalized spacial score (nSPS) is 16.7. The van der Waals surface area contributed by atoms with Crippen LogP contribution in [0.1, 0.15) is 20.3 Å². The summed E-state index contributed by atoms with van der Waals surface area (Å²) in [5, 5.41) is 0. The maximum absolute atomic E-state index is 11.5. The molecule has 0 aromatic carbocycles. The Morgan fingerprint density at radius 3 is 2.00 bits per heavy atom. The molecule has 2 N–H and O–H groups in total. The molecule has 3 nitrogen and oxygen atoms in total. The van der Waals surface area contributed by atoms with Gasteiger partial charge in [0.25, 0.3) is 0 Å². The molecular formula is C8H16F3NO2. The van der Waals surface area contributed by atoms with E-state index in [1.54, 1.807) is 6.92 Å². The predicted octanol–water partition coefficient (Wildman–Crippen LogP) is 1.67. The monoisotopic (exact) mass is 215 g/mol. The van der Waals surface area contributed by atoms with E-state index in [1.807, 2.05) is 6.92 Å². The minimum Gasteiger partial charge on any atom is -0.372 e. The molecule has 0 heterocycles. The molecule has 0 spiro atoms. The van der Waals surface area contributed by atoms with Crippen LogP contribution >= 0.6 is 0 Å². The molecule has 0 bridgehead atoms. The van der Waals surface area contributed by atoms with Crippen LogP contribution in [0.2, 0.25) is 0 Å². The molecule has 0 radical (unpaired) electrons. The Hall–Kier alpha value is -0.330. The molecule has 1 unspecified atom stereocenters. The van der Waals surface area contributed by atoms with E-state index in [9.17, 15) is 13.2 Å². The first kappa shape index (κ1) is 13.7. The second-order valence-corrected chi connectivity index (χ2v) is 3.15. The summed E-state index contributed by atoms with van der Waals surface area (Å²) in [5.74, 6) is 0. The highest BCUT2D eigenvalue weighted by molar-refractivity contribution is 4.73. The van der Waals surface area contributed by atoms with Crippen molar-refractivity contribution in [1.29, 1.82) is 0 Å². The number of ether oxygens (including phenoxy) is 2. The molecular weight excluding hydrogens is 199 g/mol. The maximum atomic E-state index is 11.5. The molecule has 14 heavy (non-hydrogen) atoms. The summed E-state index contributed by atoms with van der Waals surface area (Å²) in [6.45, 7) is 3.27. The first-order chi connectivity index (χ1) is 6.33. The Morgan fingerprint density at radius 2 is 1.64 bits per heavy atom. The number of hydrogen-bond acceptors (Lipinski definition) is 3. The van der Waals surface area contributed by atoms with Gasteiger partial charge in [-0.05, 0) is 13.3 Å². The Bertz CT molecular complexity index is 157. The molecule has 0 aliphatic carbocycles. The van der Waals surface area contributed by atoms with Gasteiger partial charge in [-0.15, -0.1) is 13.2 Å².